The van der Waals surface area contributed by atoms with E-state index in [0.29, 0.717) is 6.42 Å². The Morgan fingerprint density at radius 2 is 2.11 bits per heavy atom. The molecule has 1 N–H and O–H groups in total. The summed E-state index contributed by atoms with van der Waals surface area (Å²) in [6, 6.07) is 12.0. The summed E-state index contributed by atoms with van der Waals surface area (Å²) in [6.45, 7) is 2.97. The Bertz CT molecular complexity index is 673. The normalized spacial score (nSPS) is 12.9. The second-order valence-corrected chi connectivity index (χ2v) is 5.48. The highest BCUT2D eigenvalue weighted by Crippen LogP contribution is 2.24. The molecule has 0 aliphatic heterocycles. The van der Waals surface area contributed by atoms with Crippen LogP contribution < -0.4 is 0 Å². The Morgan fingerprint density at radius 1 is 1.26 bits per heavy atom. The molecule has 0 saturated heterocycles. The van der Waals surface area contributed by atoms with E-state index in [1.165, 1.54) is 0 Å². The molecule has 2 heterocycles. The lowest BCUT2D eigenvalue weighted by Crippen LogP contribution is -2.07. The number of aryl methyl sites for hydroxylation is 1. The van der Waals surface area contributed by atoms with Crippen molar-refractivity contribution in [3.05, 3.63) is 52.5 Å². The molecule has 0 amide bonds. The molecular weight excluding hydrogens is 256 g/mol. The third-order valence-corrected chi connectivity index (χ3v) is 4.27. The topological polar surface area (TPSA) is 38.0 Å². The van der Waals surface area contributed by atoms with Crippen LogP contribution >= 0.6 is 11.3 Å². The number of aromatic nitrogens is 2. The van der Waals surface area contributed by atoms with Crippen molar-refractivity contribution in [3.8, 4) is 0 Å². The van der Waals surface area contributed by atoms with Gasteiger partial charge in [-0.05, 0) is 30.5 Å². The van der Waals surface area contributed by atoms with E-state index in [1.807, 2.05) is 35.7 Å². The molecule has 0 bridgehead atoms. The van der Waals surface area contributed by atoms with Crippen molar-refractivity contribution in [2.45, 2.75) is 26.0 Å². The fourth-order valence-electron chi connectivity index (χ4n) is 2.39. The second-order valence-electron chi connectivity index (χ2n) is 4.50. The summed E-state index contributed by atoms with van der Waals surface area (Å²) in [6.07, 6.45) is 0.0883. The van der Waals surface area contributed by atoms with Gasteiger partial charge in [0.1, 0.15) is 5.82 Å². The Balaban J connectivity index is 1.96. The smallest absolute Gasteiger partial charge is 0.112 e. The molecule has 0 fully saturated rings. The van der Waals surface area contributed by atoms with Crippen molar-refractivity contribution in [1.82, 2.24) is 9.55 Å². The van der Waals surface area contributed by atoms with Gasteiger partial charge in [0.2, 0.25) is 0 Å². The summed E-state index contributed by atoms with van der Waals surface area (Å²) in [5.41, 5.74) is 2.14. The molecule has 0 aliphatic carbocycles. The molecule has 1 unspecified atom stereocenters. The number of rotatable bonds is 4. The van der Waals surface area contributed by atoms with Gasteiger partial charge in [0.05, 0.1) is 17.1 Å². The number of benzene rings is 1. The molecule has 0 spiro atoms. The third-order valence-electron chi connectivity index (χ3n) is 3.30. The largest absolute Gasteiger partial charge is 0.387 e. The van der Waals surface area contributed by atoms with Crippen molar-refractivity contribution >= 4 is 22.4 Å². The average Bonchev–Trinajstić information content (AvgIpc) is 3.05. The van der Waals surface area contributed by atoms with E-state index >= 15 is 0 Å². The van der Waals surface area contributed by atoms with Crippen LogP contribution in [0.5, 0.6) is 0 Å². The average molecular weight is 272 g/mol. The van der Waals surface area contributed by atoms with Gasteiger partial charge in [-0.1, -0.05) is 18.2 Å². The van der Waals surface area contributed by atoms with Crippen LogP contribution in [0.25, 0.3) is 11.0 Å². The number of imidazole rings is 1. The van der Waals surface area contributed by atoms with Gasteiger partial charge in [-0.25, -0.2) is 4.98 Å². The van der Waals surface area contributed by atoms with Gasteiger partial charge in [-0.3, -0.25) is 0 Å². The molecule has 4 heteroatoms. The molecule has 0 aliphatic rings. The molecular formula is C15H16N2OS. The fourth-order valence-corrected chi connectivity index (χ4v) is 3.10. The highest BCUT2D eigenvalue weighted by molar-refractivity contribution is 7.10. The predicted octanol–water partition coefficient (Wildman–Crippen LogP) is 3.39. The van der Waals surface area contributed by atoms with Gasteiger partial charge >= 0.3 is 0 Å². The number of aliphatic hydroxyl groups is 1. The monoisotopic (exact) mass is 272 g/mol. The Kier molecular flexibility index (Phi) is 3.36. The first-order chi connectivity index (χ1) is 9.29. The first-order valence-corrected chi connectivity index (χ1v) is 7.33. The number of hydrogen-bond acceptors (Lipinski definition) is 3. The van der Waals surface area contributed by atoms with E-state index in [9.17, 15) is 5.11 Å². The van der Waals surface area contributed by atoms with Crippen LogP contribution in [0.3, 0.4) is 0 Å². The number of hydrogen-bond donors (Lipinski definition) is 1. The lowest BCUT2D eigenvalue weighted by atomic mass is 10.2. The first-order valence-electron chi connectivity index (χ1n) is 6.45. The SMILES string of the molecule is CCn1c(CC(O)c2cccs2)nc2ccccc21. The molecule has 19 heavy (non-hydrogen) atoms. The van der Waals surface area contributed by atoms with E-state index in [-0.39, 0.29) is 0 Å². The minimum Gasteiger partial charge on any atom is -0.387 e. The lowest BCUT2D eigenvalue weighted by molar-refractivity contribution is 0.178. The van der Waals surface area contributed by atoms with Crippen LogP contribution in [0.15, 0.2) is 41.8 Å². The van der Waals surface area contributed by atoms with Crippen LogP contribution in [0.1, 0.15) is 23.7 Å². The number of nitrogens with zero attached hydrogens (tertiary/aromatic N) is 2. The van der Waals surface area contributed by atoms with Crippen LogP contribution in [-0.4, -0.2) is 14.7 Å². The van der Waals surface area contributed by atoms with Crippen LogP contribution in [0.4, 0.5) is 0 Å². The molecule has 3 rings (SSSR count). The second kappa shape index (κ2) is 5.15. The summed E-state index contributed by atoms with van der Waals surface area (Å²) in [5.74, 6) is 0.949. The zero-order valence-corrected chi connectivity index (χ0v) is 11.6. The van der Waals surface area contributed by atoms with E-state index in [2.05, 4.69) is 22.5 Å². The maximum absolute atomic E-state index is 10.3. The number of para-hydroxylation sites is 2. The summed E-state index contributed by atoms with van der Waals surface area (Å²) in [5, 5.41) is 12.3. The van der Waals surface area contributed by atoms with Gasteiger partial charge in [0.15, 0.2) is 0 Å². The highest BCUT2D eigenvalue weighted by Gasteiger charge is 2.15. The van der Waals surface area contributed by atoms with Crippen molar-refractivity contribution in [1.29, 1.82) is 0 Å². The summed E-state index contributed by atoms with van der Waals surface area (Å²) in [4.78, 5) is 5.64. The van der Waals surface area contributed by atoms with Gasteiger partial charge in [0.25, 0.3) is 0 Å². The molecule has 0 saturated carbocycles. The van der Waals surface area contributed by atoms with Gasteiger partial charge < -0.3 is 9.67 Å². The van der Waals surface area contributed by atoms with Gasteiger partial charge in [-0.15, -0.1) is 11.3 Å². The minimum atomic E-state index is -0.470. The highest BCUT2D eigenvalue weighted by atomic mass is 32.1. The molecule has 3 aromatic rings. The summed E-state index contributed by atoms with van der Waals surface area (Å²) < 4.78 is 2.17. The number of fused-ring (bicyclic) bond motifs is 1. The molecule has 0 radical (unpaired) electrons. The van der Waals surface area contributed by atoms with Crippen LogP contribution in [0, 0.1) is 0 Å². The van der Waals surface area contributed by atoms with Gasteiger partial charge in [-0.2, -0.15) is 0 Å². The van der Waals surface area contributed by atoms with E-state index in [4.69, 9.17) is 0 Å². The maximum Gasteiger partial charge on any atom is 0.112 e. The van der Waals surface area contributed by atoms with E-state index < -0.39 is 6.10 Å². The Labute approximate surface area is 116 Å². The van der Waals surface area contributed by atoms with Crippen LogP contribution in [0.2, 0.25) is 0 Å². The fraction of sp³-hybridized carbons (Fsp3) is 0.267. The summed E-state index contributed by atoms with van der Waals surface area (Å²) in [7, 11) is 0. The van der Waals surface area contributed by atoms with Gasteiger partial charge in [0, 0.05) is 17.8 Å². The summed E-state index contributed by atoms with van der Waals surface area (Å²) >= 11 is 1.58. The predicted molar refractivity (Wildman–Crippen MR) is 78.4 cm³/mol. The van der Waals surface area contributed by atoms with Crippen LogP contribution in [-0.2, 0) is 13.0 Å². The third kappa shape index (κ3) is 2.29. The Hall–Kier alpha value is -1.65. The quantitative estimate of drug-likeness (QED) is 0.790. The zero-order chi connectivity index (χ0) is 13.2. The number of aliphatic hydroxyl groups excluding tert-OH is 1. The number of thiophene rings is 1. The zero-order valence-electron chi connectivity index (χ0n) is 10.8. The van der Waals surface area contributed by atoms with Crippen molar-refractivity contribution in [2.75, 3.05) is 0 Å². The maximum atomic E-state index is 10.3. The molecule has 1 aromatic carbocycles. The Morgan fingerprint density at radius 3 is 2.84 bits per heavy atom. The molecule has 98 valence electrons. The standard InChI is InChI=1S/C15H16N2OS/c1-2-17-12-7-4-3-6-11(12)16-15(17)10-13(18)14-8-5-9-19-14/h3-9,13,18H,2,10H2,1H3. The minimum absolute atomic E-state index is 0.470. The van der Waals surface area contributed by atoms with E-state index in [0.717, 1.165) is 28.3 Å². The first kappa shape index (κ1) is 12.4. The molecule has 3 nitrogen and oxygen atoms in total. The van der Waals surface area contributed by atoms with Crippen molar-refractivity contribution in [2.24, 2.45) is 0 Å². The van der Waals surface area contributed by atoms with Crippen molar-refractivity contribution < 1.29 is 5.11 Å². The van der Waals surface area contributed by atoms with Crippen molar-refractivity contribution in [3.63, 3.8) is 0 Å². The molecule has 2 aromatic heterocycles. The lowest BCUT2D eigenvalue weighted by Gasteiger charge is -2.10. The molecule has 1 atom stereocenters. The van der Waals surface area contributed by atoms with E-state index in [1.54, 1.807) is 11.3 Å².